The van der Waals surface area contributed by atoms with Crippen LogP contribution in [-0.4, -0.2) is 38.0 Å². The number of aryl methyl sites for hydroxylation is 1. The number of benzene rings is 2. The van der Waals surface area contributed by atoms with Gasteiger partial charge in [0.25, 0.3) is 0 Å². The first-order chi connectivity index (χ1) is 14.5. The number of piperidine rings is 1. The molecule has 1 heterocycles. The van der Waals surface area contributed by atoms with Gasteiger partial charge in [0.05, 0.1) is 10.9 Å². The van der Waals surface area contributed by atoms with E-state index in [9.17, 15) is 13.2 Å². The van der Waals surface area contributed by atoms with E-state index in [0.717, 1.165) is 24.2 Å². The zero-order valence-corrected chi connectivity index (χ0v) is 18.8. The van der Waals surface area contributed by atoms with Crippen LogP contribution in [0, 0.1) is 5.92 Å². The number of nitrogens with zero attached hydrogens (tertiary/aromatic N) is 1. The van der Waals surface area contributed by atoms with Crippen LogP contribution in [0.4, 0.5) is 0 Å². The lowest BCUT2D eigenvalue weighted by molar-refractivity contribution is -0.127. The maximum Gasteiger partial charge on any atom is 0.243 e. The van der Waals surface area contributed by atoms with E-state index in [0.29, 0.717) is 30.8 Å². The van der Waals surface area contributed by atoms with Gasteiger partial charge >= 0.3 is 0 Å². The minimum atomic E-state index is -3.51. The number of hydrogen-bond acceptors (Lipinski definition) is 4. The molecule has 0 spiro atoms. The molecule has 0 bridgehead atoms. The summed E-state index contributed by atoms with van der Waals surface area (Å²) >= 11 is 1.58. The molecule has 1 atom stereocenters. The van der Waals surface area contributed by atoms with Crippen molar-refractivity contribution in [1.29, 1.82) is 0 Å². The molecule has 2 aromatic carbocycles. The zero-order valence-electron chi connectivity index (χ0n) is 17.2. The molecule has 1 N–H and O–H groups in total. The summed E-state index contributed by atoms with van der Waals surface area (Å²) in [4.78, 5) is 14.2. The van der Waals surface area contributed by atoms with E-state index in [2.05, 4.69) is 17.4 Å². The first kappa shape index (κ1) is 21.4. The van der Waals surface area contributed by atoms with Crippen molar-refractivity contribution in [2.75, 3.05) is 19.3 Å². The van der Waals surface area contributed by atoms with Crippen molar-refractivity contribution < 1.29 is 13.2 Å². The largest absolute Gasteiger partial charge is 0.349 e. The average molecular weight is 445 g/mol. The van der Waals surface area contributed by atoms with Gasteiger partial charge in [-0.05, 0) is 73.8 Å². The van der Waals surface area contributed by atoms with Gasteiger partial charge in [-0.25, -0.2) is 8.42 Å². The van der Waals surface area contributed by atoms with E-state index >= 15 is 0 Å². The third-order valence-corrected chi connectivity index (χ3v) is 8.86. The lowest BCUT2D eigenvalue weighted by Gasteiger charge is -2.32. The predicted molar refractivity (Wildman–Crippen MR) is 120 cm³/mol. The summed E-state index contributed by atoms with van der Waals surface area (Å²) in [7, 11) is -3.51. The number of nitrogens with one attached hydrogen (secondary N) is 1. The zero-order chi connectivity index (χ0) is 21.1. The van der Waals surface area contributed by atoms with Crippen LogP contribution in [0.3, 0.4) is 0 Å². The van der Waals surface area contributed by atoms with Crippen LogP contribution in [0.15, 0.2) is 58.3 Å². The molecule has 1 saturated heterocycles. The van der Waals surface area contributed by atoms with Gasteiger partial charge in [0.2, 0.25) is 15.9 Å². The predicted octanol–water partition coefficient (Wildman–Crippen LogP) is 4.00. The van der Waals surface area contributed by atoms with Gasteiger partial charge in [0, 0.05) is 23.9 Å². The summed E-state index contributed by atoms with van der Waals surface area (Å²) in [5.74, 6) is -0.0810. The Bertz CT molecular complexity index is 997. The van der Waals surface area contributed by atoms with E-state index < -0.39 is 10.0 Å². The first-order valence-corrected chi connectivity index (χ1v) is 13.2. The molecule has 2 aromatic rings. The molecule has 4 rings (SSSR count). The topological polar surface area (TPSA) is 66.5 Å². The van der Waals surface area contributed by atoms with E-state index in [4.69, 9.17) is 0 Å². The highest BCUT2D eigenvalue weighted by molar-refractivity contribution is 7.98. The first-order valence-electron chi connectivity index (χ1n) is 10.5. The molecule has 1 fully saturated rings. The third-order valence-electron chi connectivity index (χ3n) is 6.21. The van der Waals surface area contributed by atoms with Crippen LogP contribution >= 0.6 is 11.8 Å². The highest BCUT2D eigenvalue weighted by Gasteiger charge is 2.33. The Labute approximate surface area is 183 Å². The van der Waals surface area contributed by atoms with Gasteiger partial charge in [-0.1, -0.05) is 24.3 Å². The van der Waals surface area contributed by atoms with E-state index in [1.54, 1.807) is 23.9 Å². The number of amides is 1. The molecule has 1 aliphatic carbocycles. The van der Waals surface area contributed by atoms with Gasteiger partial charge in [0.1, 0.15) is 0 Å². The molecule has 1 aliphatic heterocycles. The maximum atomic E-state index is 12.9. The van der Waals surface area contributed by atoms with Crippen LogP contribution in [0.5, 0.6) is 0 Å². The van der Waals surface area contributed by atoms with Crippen molar-refractivity contribution >= 4 is 27.7 Å². The van der Waals surface area contributed by atoms with Gasteiger partial charge < -0.3 is 5.32 Å². The molecule has 0 aromatic heterocycles. The molecule has 7 heteroatoms. The molecular weight excluding hydrogens is 416 g/mol. The summed E-state index contributed by atoms with van der Waals surface area (Å²) in [6.45, 7) is 0.762. The molecule has 5 nitrogen and oxygen atoms in total. The third kappa shape index (κ3) is 4.43. The van der Waals surface area contributed by atoms with Crippen LogP contribution in [0.1, 0.15) is 42.9 Å². The molecule has 1 amide bonds. The Morgan fingerprint density at radius 3 is 2.43 bits per heavy atom. The van der Waals surface area contributed by atoms with Crippen molar-refractivity contribution in [1.82, 2.24) is 9.62 Å². The minimum absolute atomic E-state index is 0.0538. The van der Waals surface area contributed by atoms with Gasteiger partial charge in [-0.2, -0.15) is 4.31 Å². The SMILES string of the molecule is CSc1ccc(S(=O)(=O)N2CCC(C(=O)NC3CCCc4ccccc43)CC2)cc1. The lowest BCUT2D eigenvalue weighted by atomic mass is 9.87. The van der Waals surface area contributed by atoms with Crippen molar-refractivity contribution in [3.05, 3.63) is 59.7 Å². The normalized spacial score (nSPS) is 20.5. The maximum absolute atomic E-state index is 12.9. The van der Waals surface area contributed by atoms with Crippen LogP contribution in [0.25, 0.3) is 0 Å². The van der Waals surface area contributed by atoms with Gasteiger partial charge in [-0.3, -0.25) is 4.79 Å². The van der Waals surface area contributed by atoms with E-state index in [-0.39, 0.29) is 17.9 Å². The Balaban J connectivity index is 1.37. The monoisotopic (exact) mass is 444 g/mol. The Morgan fingerprint density at radius 1 is 1.03 bits per heavy atom. The fraction of sp³-hybridized carbons (Fsp3) is 0.435. The summed E-state index contributed by atoms with van der Waals surface area (Å²) in [5, 5.41) is 3.23. The van der Waals surface area contributed by atoms with Gasteiger partial charge in [0.15, 0.2) is 0 Å². The van der Waals surface area contributed by atoms with Crippen molar-refractivity contribution in [2.24, 2.45) is 5.92 Å². The van der Waals surface area contributed by atoms with Crippen LogP contribution in [-0.2, 0) is 21.2 Å². The molecular formula is C23H28N2O3S2. The van der Waals surface area contributed by atoms with Crippen LogP contribution < -0.4 is 5.32 Å². The number of rotatable bonds is 5. The van der Waals surface area contributed by atoms with Crippen molar-refractivity contribution in [3.63, 3.8) is 0 Å². The van der Waals surface area contributed by atoms with Crippen molar-refractivity contribution in [2.45, 2.75) is 47.9 Å². The van der Waals surface area contributed by atoms with Gasteiger partial charge in [-0.15, -0.1) is 11.8 Å². The van der Waals surface area contributed by atoms with E-state index in [1.807, 2.05) is 30.5 Å². The van der Waals surface area contributed by atoms with E-state index in [1.165, 1.54) is 15.4 Å². The Morgan fingerprint density at radius 2 is 1.73 bits per heavy atom. The second kappa shape index (κ2) is 9.12. The fourth-order valence-electron chi connectivity index (χ4n) is 4.45. The number of carbonyl (C=O) groups is 1. The quantitative estimate of drug-likeness (QED) is 0.708. The standard InChI is InChI=1S/C23H28N2O3S2/c1-29-19-9-11-20(12-10-19)30(27,28)25-15-13-18(14-16-25)23(26)24-22-8-4-6-17-5-2-3-7-21(17)22/h2-3,5,7,9-12,18,22H,4,6,8,13-16H2,1H3,(H,24,26). The number of hydrogen-bond donors (Lipinski definition) is 1. The molecule has 30 heavy (non-hydrogen) atoms. The second-order valence-electron chi connectivity index (χ2n) is 8.01. The molecule has 0 radical (unpaired) electrons. The fourth-order valence-corrected chi connectivity index (χ4v) is 6.33. The second-order valence-corrected chi connectivity index (χ2v) is 10.8. The smallest absolute Gasteiger partial charge is 0.243 e. The highest BCUT2D eigenvalue weighted by atomic mass is 32.2. The number of sulfonamides is 1. The molecule has 160 valence electrons. The average Bonchev–Trinajstić information content (AvgIpc) is 2.79. The minimum Gasteiger partial charge on any atom is -0.349 e. The summed E-state index contributed by atoms with van der Waals surface area (Å²) in [5.41, 5.74) is 2.55. The van der Waals surface area contributed by atoms with Crippen LogP contribution in [0.2, 0.25) is 0 Å². The number of carbonyl (C=O) groups excluding carboxylic acids is 1. The summed E-state index contributed by atoms with van der Waals surface area (Å²) < 4.78 is 27.4. The molecule has 0 saturated carbocycles. The number of fused-ring (bicyclic) bond motifs is 1. The molecule has 2 aliphatic rings. The highest BCUT2D eigenvalue weighted by Crippen LogP contribution is 2.31. The van der Waals surface area contributed by atoms with Crippen molar-refractivity contribution in [3.8, 4) is 0 Å². The Kier molecular flexibility index (Phi) is 6.51. The summed E-state index contributed by atoms with van der Waals surface area (Å²) in [6.07, 6.45) is 6.18. The number of thioether (sulfide) groups is 1. The molecule has 1 unspecified atom stereocenters. The lowest BCUT2D eigenvalue weighted by Crippen LogP contribution is -2.44. The Hall–Kier alpha value is -1.83. The summed E-state index contributed by atoms with van der Waals surface area (Å²) in [6, 6.07) is 15.4.